The minimum absolute atomic E-state index is 0.329. The molecule has 0 atom stereocenters. The molecule has 0 aliphatic carbocycles. The van der Waals surface area contributed by atoms with Crippen molar-refractivity contribution in [2.45, 2.75) is 6.92 Å². The van der Waals surface area contributed by atoms with E-state index in [-0.39, 0.29) is 0 Å². The number of carbonyl (C=O) groups is 2. The van der Waals surface area contributed by atoms with Crippen molar-refractivity contribution in [2.24, 2.45) is 0 Å². The monoisotopic (exact) mass is 330 g/mol. The average Bonchev–Trinajstić information content (AvgIpc) is 3.00. The first-order chi connectivity index (χ1) is 11.1. The first kappa shape index (κ1) is 16.5. The topological polar surface area (TPSA) is 88.4 Å². The lowest BCUT2D eigenvalue weighted by molar-refractivity contribution is -0.119. The van der Waals surface area contributed by atoms with Gasteiger partial charge < -0.3 is 14.8 Å². The highest BCUT2D eigenvalue weighted by Crippen LogP contribution is 2.21. The molecule has 23 heavy (non-hydrogen) atoms. The summed E-state index contributed by atoms with van der Waals surface area (Å²) in [6, 6.07) is 10.0. The summed E-state index contributed by atoms with van der Waals surface area (Å²) < 4.78 is 10.2. The molecule has 0 radical (unpaired) electrons. The second kappa shape index (κ2) is 7.96. The van der Waals surface area contributed by atoms with Gasteiger partial charge in [-0.1, -0.05) is 0 Å². The van der Waals surface area contributed by atoms with E-state index in [4.69, 9.17) is 14.7 Å². The van der Waals surface area contributed by atoms with E-state index in [1.807, 2.05) is 13.0 Å². The Balaban J connectivity index is 1.86. The van der Waals surface area contributed by atoms with Crippen molar-refractivity contribution >= 4 is 28.2 Å². The lowest BCUT2D eigenvalue weighted by Gasteiger charge is -2.06. The number of nitriles is 1. The maximum absolute atomic E-state index is 11.9. The first-order valence-electron chi connectivity index (χ1n) is 6.81. The van der Waals surface area contributed by atoms with E-state index >= 15 is 0 Å². The number of thiophene rings is 1. The Morgan fingerprint density at radius 1 is 1.26 bits per heavy atom. The number of carbonyl (C=O) groups excluding carboxylic acids is 2. The van der Waals surface area contributed by atoms with Gasteiger partial charge >= 0.3 is 5.97 Å². The van der Waals surface area contributed by atoms with Crippen molar-refractivity contribution in [3.05, 3.63) is 46.8 Å². The quantitative estimate of drug-likeness (QED) is 0.823. The molecule has 118 valence electrons. The lowest BCUT2D eigenvalue weighted by atomic mass is 10.2. The van der Waals surface area contributed by atoms with E-state index in [0.29, 0.717) is 28.5 Å². The van der Waals surface area contributed by atoms with Gasteiger partial charge in [0, 0.05) is 0 Å². The normalized spacial score (nSPS) is 9.74. The molecule has 7 heteroatoms. The molecule has 0 saturated carbocycles. The number of anilines is 1. The Labute approximate surface area is 137 Å². The van der Waals surface area contributed by atoms with Crippen LogP contribution in [-0.2, 0) is 9.53 Å². The molecule has 6 nitrogen and oxygen atoms in total. The van der Waals surface area contributed by atoms with Crippen molar-refractivity contribution in [3.8, 4) is 11.8 Å². The highest BCUT2D eigenvalue weighted by molar-refractivity contribution is 7.14. The Kier molecular flexibility index (Phi) is 5.72. The standard InChI is InChI=1S/C16H14N2O4S/c1-2-21-13-5-3-11(4-6-13)16(20)22-10-14(19)18-15-12(9-17)7-8-23-15/h3-8H,2,10H2,1H3,(H,18,19). The molecule has 0 unspecified atom stereocenters. The Morgan fingerprint density at radius 2 is 2.00 bits per heavy atom. The van der Waals surface area contributed by atoms with E-state index in [9.17, 15) is 9.59 Å². The first-order valence-corrected chi connectivity index (χ1v) is 7.69. The molecule has 1 aromatic carbocycles. The van der Waals surface area contributed by atoms with Gasteiger partial charge in [-0.15, -0.1) is 11.3 Å². The average molecular weight is 330 g/mol. The van der Waals surface area contributed by atoms with Gasteiger partial charge in [0.05, 0.1) is 17.7 Å². The number of nitrogens with one attached hydrogen (secondary N) is 1. The summed E-state index contributed by atoms with van der Waals surface area (Å²) in [7, 11) is 0. The Hall–Kier alpha value is -2.85. The summed E-state index contributed by atoms with van der Waals surface area (Å²) in [6.07, 6.45) is 0. The van der Waals surface area contributed by atoms with Gasteiger partial charge in [0.15, 0.2) is 6.61 Å². The lowest BCUT2D eigenvalue weighted by Crippen LogP contribution is -2.20. The second-order valence-electron chi connectivity index (χ2n) is 4.36. The van der Waals surface area contributed by atoms with Crippen molar-refractivity contribution in [1.82, 2.24) is 0 Å². The zero-order chi connectivity index (χ0) is 16.7. The predicted molar refractivity (Wildman–Crippen MR) is 85.6 cm³/mol. The number of nitrogens with zero attached hydrogens (tertiary/aromatic N) is 1. The van der Waals surface area contributed by atoms with Gasteiger partial charge in [0.25, 0.3) is 5.91 Å². The summed E-state index contributed by atoms with van der Waals surface area (Å²) in [6.45, 7) is 1.98. The smallest absolute Gasteiger partial charge is 0.338 e. The Morgan fingerprint density at radius 3 is 2.65 bits per heavy atom. The van der Waals surface area contributed by atoms with Crippen LogP contribution in [-0.4, -0.2) is 25.1 Å². The molecule has 1 amide bonds. The van der Waals surface area contributed by atoms with Crippen LogP contribution in [0.1, 0.15) is 22.8 Å². The fourth-order valence-corrected chi connectivity index (χ4v) is 2.48. The van der Waals surface area contributed by atoms with Crippen LogP contribution in [0.3, 0.4) is 0 Å². The number of benzene rings is 1. The molecule has 1 heterocycles. The van der Waals surface area contributed by atoms with E-state index in [0.717, 1.165) is 0 Å². The second-order valence-corrected chi connectivity index (χ2v) is 5.27. The predicted octanol–water partition coefficient (Wildman–Crippen LogP) is 2.81. The van der Waals surface area contributed by atoms with E-state index < -0.39 is 18.5 Å². The van der Waals surface area contributed by atoms with Crippen LogP contribution in [0.15, 0.2) is 35.7 Å². The fraction of sp³-hybridized carbons (Fsp3) is 0.188. The van der Waals surface area contributed by atoms with Crippen LogP contribution in [0.4, 0.5) is 5.00 Å². The molecule has 2 rings (SSSR count). The van der Waals surface area contributed by atoms with Gasteiger partial charge in [0.1, 0.15) is 16.8 Å². The molecular weight excluding hydrogens is 316 g/mol. The van der Waals surface area contributed by atoms with Gasteiger partial charge in [0.2, 0.25) is 0 Å². The molecule has 2 aromatic rings. The van der Waals surface area contributed by atoms with Crippen molar-refractivity contribution in [2.75, 3.05) is 18.5 Å². The van der Waals surface area contributed by atoms with Gasteiger partial charge in [-0.25, -0.2) is 4.79 Å². The summed E-state index contributed by atoms with van der Waals surface area (Å²) in [5.74, 6) is -0.443. The molecule has 1 N–H and O–H groups in total. The number of ether oxygens (including phenoxy) is 2. The molecule has 0 aliphatic rings. The molecule has 0 aliphatic heterocycles. The Bertz CT molecular complexity index is 731. The molecular formula is C16H14N2O4S. The van der Waals surface area contributed by atoms with Crippen molar-refractivity contribution < 1.29 is 19.1 Å². The number of hydrogen-bond acceptors (Lipinski definition) is 6. The van der Waals surface area contributed by atoms with Crippen LogP contribution in [0.5, 0.6) is 5.75 Å². The summed E-state index contributed by atoms with van der Waals surface area (Å²) in [4.78, 5) is 23.6. The highest BCUT2D eigenvalue weighted by atomic mass is 32.1. The van der Waals surface area contributed by atoms with E-state index in [1.54, 1.807) is 35.7 Å². The maximum atomic E-state index is 11.9. The molecule has 0 fully saturated rings. The number of esters is 1. The fourth-order valence-electron chi connectivity index (χ4n) is 1.73. The highest BCUT2D eigenvalue weighted by Gasteiger charge is 2.12. The van der Waals surface area contributed by atoms with E-state index in [2.05, 4.69) is 5.32 Å². The number of amides is 1. The van der Waals surface area contributed by atoms with E-state index in [1.165, 1.54) is 11.3 Å². The van der Waals surface area contributed by atoms with Crippen molar-refractivity contribution in [1.29, 1.82) is 5.26 Å². The molecule has 1 aromatic heterocycles. The zero-order valence-corrected chi connectivity index (χ0v) is 13.2. The minimum Gasteiger partial charge on any atom is -0.494 e. The molecule has 0 bridgehead atoms. The van der Waals surface area contributed by atoms with Crippen LogP contribution in [0.25, 0.3) is 0 Å². The van der Waals surface area contributed by atoms with Gasteiger partial charge in [-0.05, 0) is 42.6 Å². The van der Waals surface area contributed by atoms with Crippen LogP contribution < -0.4 is 10.1 Å². The third kappa shape index (κ3) is 4.56. The minimum atomic E-state index is -0.602. The van der Waals surface area contributed by atoms with Gasteiger partial charge in [-0.3, -0.25) is 4.79 Å². The summed E-state index contributed by atoms with van der Waals surface area (Å²) in [5.41, 5.74) is 0.705. The molecule has 0 saturated heterocycles. The number of rotatable bonds is 6. The largest absolute Gasteiger partial charge is 0.494 e. The maximum Gasteiger partial charge on any atom is 0.338 e. The van der Waals surface area contributed by atoms with Crippen molar-refractivity contribution in [3.63, 3.8) is 0 Å². The van der Waals surface area contributed by atoms with Crippen LogP contribution >= 0.6 is 11.3 Å². The SMILES string of the molecule is CCOc1ccc(C(=O)OCC(=O)Nc2sccc2C#N)cc1. The van der Waals surface area contributed by atoms with Gasteiger partial charge in [-0.2, -0.15) is 5.26 Å². The van der Waals surface area contributed by atoms with Crippen LogP contribution in [0, 0.1) is 11.3 Å². The zero-order valence-electron chi connectivity index (χ0n) is 12.4. The third-order valence-electron chi connectivity index (χ3n) is 2.77. The summed E-state index contributed by atoms with van der Waals surface area (Å²) >= 11 is 1.23. The molecule has 0 spiro atoms. The third-order valence-corrected chi connectivity index (χ3v) is 3.60. The summed E-state index contributed by atoms with van der Waals surface area (Å²) in [5, 5.41) is 13.5. The number of hydrogen-bond donors (Lipinski definition) is 1. The van der Waals surface area contributed by atoms with Crippen LogP contribution in [0.2, 0.25) is 0 Å².